The molecule has 0 aliphatic rings. The lowest BCUT2D eigenvalue weighted by atomic mass is 10.1. The number of thiophene rings is 1. The molecule has 1 amide bonds. The second kappa shape index (κ2) is 5.75. The zero-order chi connectivity index (χ0) is 13.8. The highest BCUT2D eigenvalue weighted by atomic mass is 32.1. The number of rotatable bonds is 5. The second-order valence-corrected chi connectivity index (χ2v) is 5.21. The zero-order valence-electron chi connectivity index (χ0n) is 10.7. The van der Waals surface area contributed by atoms with Gasteiger partial charge in [-0.05, 0) is 34.5 Å². The van der Waals surface area contributed by atoms with Crippen LogP contribution >= 0.6 is 11.3 Å². The summed E-state index contributed by atoms with van der Waals surface area (Å²) in [4.78, 5) is 12.1. The average Bonchev–Trinajstić information content (AvgIpc) is 3.18. The van der Waals surface area contributed by atoms with Crippen LogP contribution in [-0.4, -0.2) is 20.7 Å². The highest BCUT2D eigenvalue weighted by Crippen LogP contribution is 2.24. The van der Waals surface area contributed by atoms with Crippen molar-refractivity contribution in [1.29, 1.82) is 0 Å². The molecule has 0 saturated heterocycles. The van der Waals surface area contributed by atoms with Crippen LogP contribution in [0, 0.1) is 0 Å². The quantitative estimate of drug-likeness (QED) is 0.757. The molecule has 0 radical (unpaired) electrons. The Morgan fingerprint density at radius 2 is 2.25 bits per heavy atom. The van der Waals surface area contributed by atoms with E-state index in [2.05, 4.69) is 31.5 Å². The third kappa shape index (κ3) is 2.80. The van der Waals surface area contributed by atoms with Gasteiger partial charge in [0, 0.05) is 18.5 Å². The number of carbonyl (C=O) groups excluding carboxylic acids is 1. The van der Waals surface area contributed by atoms with Crippen LogP contribution in [0.4, 0.5) is 5.82 Å². The fourth-order valence-electron chi connectivity index (χ4n) is 2.12. The van der Waals surface area contributed by atoms with Crippen molar-refractivity contribution in [3.63, 3.8) is 0 Å². The van der Waals surface area contributed by atoms with E-state index in [1.807, 2.05) is 29.9 Å². The molecule has 20 heavy (non-hydrogen) atoms. The van der Waals surface area contributed by atoms with Crippen LogP contribution in [0.1, 0.15) is 18.0 Å². The van der Waals surface area contributed by atoms with Gasteiger partial charge in [-0.15, -0.1) is 0 Å². The molecule has 6 heteroatoms. The number of hydrogen-bond donors (Lipinski definition) is 2. The van der Waals surface area contributed by atoms with Crippen LogP contribution in [-0.2, 0) is 4.79 Å². The first-order chi connectivity index (χ1) is 9.83. The molecule has 3 heterocycles. The number of nitrogens with zero attached hydrogens (tertiary/aromatic N) is 2. The van der Waals surface area contributed by atoms with E-state index < -0.39 is 0 Å². The van der Waals surface area contributed by atoms with Crippen LogP contribution in [0.3, 0.4) is 0 Å². The lowest BCUT2D eigenvalue weighted by molar-refractivity contribution is -0.116. The van der Waals surface area contributed by atoms with E-state index in [-0.39, 0.29) is 11.9 Å². The summed E-state index contributed by atoms with van der Waals surface area (Å²) in [6, 6.07) is 7.73. The lowest BCUT2D eigenvalue weighted by Crippen LogP contribution is -2.19. The van der Waals surface area contributed by atoms with Gasteiger partial charge in [0.1, 0.15) is 5.82 Å². The molecular formula is C14H14N4OS. The molecule has 102 valence electrons. The molecular weight excluding hydrogens is 272 g/mol. The molecule has 1 unspecified atom stereocenters. The highest BCUT2D eigenvalue weighted by Gasteiger charge is 2.18. The molecule has 0 fully saturated rings. The maximum absolute atomic E-state index is 12.1. The number of hydrogen-bond acceptors (Lipinski definition) is 3. The summed E-state index contributed by atoms with van der Waals surface area (Å²) >= 11 is 1.64. The van der Waals surface area contributed by atoms with Crippen LogP contribution in [0.2, 0.25) is 0 Å². The normalized spacial score (nSPS) is 12.2. The van der Waals surface area contributed by atoms with Crippen molar-refractivity contribution < 1.29 is 4.79 Å². The van der Waals surface area contributed by atoms with Gasteiger partial charge in [-0.25, -0.2) is 0 Å². The largest absolute Gasteiger partial charge is 0.346 e. The van der Waals surface area contributed by atoms with E-state index in [0.29, 0.717) is 12.2 Å². The van der Waals surface area contributed by atoms with Gasteiger partial charge in [0.25, 0.3) is 0 Å². The van der Waals surface area contributed by atoms with Crippen LogP contribution < -0.4 is 5.32 Å². The smallest absolute Gasteiger partial charge is 0.227 e. The number of aromatic nitrogens is 3. The minimum absolute atomic E-state index is 0.0131. The van der Waals surface area contributed by atoms with Crippen molar-refractivity contribution in [1.82, 2.24) is 14.8 Å². The molecule has 0 aromatic carbocycles. The third-order valence-electron chi connectivity index (χ3n) is 3.07. The lowest BCUT2D eigenvalue weighted by Gasteiger charge is -2.17. The molecule has 2 N–H and O–H groups in total. The van der Waals surface area contributed by atoms with E-state index >= 15 is 0 Å². The molecule has 1 atom stereocenters. The number of nitrogens with one attached hydrogen (secondary N) is 2. The number of anilines is 1. The Morgan fingerprint density at radius 3 is 2.90 bits per heavy atom. The van der Waals surface area contributed by atoms with Crippen molar-refractivity contribution in [2.24, 2.45) is 0 Å². The predicted molar refractivity (Wildman–Crippen MR) is 78.7 cm³/mol. The van der Waals surface area contributed by atoms with E-state index in [1.54, 1.807) is 23.6 Å². The first-order valence-electron chi connectivity index (χ1n) is 6.27. The van der Waals surface area contributed by atoms with Gasteiger partial charge in [0.05, 0.1) is 18.7 Å². The average molecular weight is 286 g/mol. The molecule has 0 bridgehead atoms. The Kier molecular flexibility index (Phi) is 3.64. The fraction of sp³-hybridized carbons (Fsp3) is 0.143. The number of carbonyl (C=O) groups is 1. The topological polar surface area (TPSA) is 62.7 Å². The van der Waals surface area contributed by atoms with Crippen LogP contribution in [0.15, 0.2) is 53.6 Å². The van der Waals surface area contributed by atoms with Crippen LogP contribution in [0.5, 0.6) is 0 Å². The molecule has 3 rings (SSSR count). The van der Waals surface area contributed by atoms with Gasteiger partial charge in [0.15, 0.2) is 0 Å². The van der Waals surface area contributed by atoms with Crippen LogP contribution in [0.25, 0.3) is 0 Å². The summed E-state index contributed by atoms with van der Waals surface area (Å²) in [5, 5.41) is 13.4. The Balaban J connectivity index is 1.75. The Hall–Kier alpha value is -2.34. The van der Waals surface area contributed by atoms with Gasteiger partial charge < -0.3 is 9.88 Å². The molecule has 5 nitrogen and oxygen atoms in total. The third-order valence-corrected chi connectivity index (χ3v) is 3.77. The standard InChI is InChI=1S/C14H14N4OS/c19-14(16-13-3-5-15-17-13)9-12(11-4-8-20-10-11)18-6-1-2-7-18/h1-8,10,12H,9H2,(H2,15,16,17,19). The molecule has 3 aromatic rings. The zero-order valence-corrected chi connectivity index (χ0v) is 11.5. The maximum atomic E-state index is 12.1. The van der Waals surface area contributed by atoms with Gasteiger partial charge in [0.2, 0.25) is 5.91 Å². The van der Waals surface area contributed by atoms with E-state index in [1.165, 1.54) is 0 Å². The van der Waals surface area contributed by atoms with E-state index in [0.717, 1.165) is 5.56 Å². The molecule has 0 spiro atoms. The van der Waals surface area contributed by atoms with Crippen molar-refractivity contribution in [3.8, 4) is 0 Å². The van der Waals surface area contributed by atoms with E-state index in [4.69, 9.17) is 0 Å². The highest BCUT2D eigenvalue weighted by molar-refractivity contribution is 7.08. The molecule has 0 aliphatic heterocycles. The maximum Gasteiger partial charge on any atom is 0.227 e. The van der Waals surface area contributed by atoms with Gasteiger partial charge in [-0.1, -0.05) is 0 Å². The first kappa shape index (κ1) is 12.7. The summed E-state index contributed by atoms with van der Waals surface area (Å²) in [6.45, 7) is 0. The summed E-state index contributed by atoms with van der Waals surface area (Å²) < 4.78 is 2.05. The Bertz CT molecular complexity index is 609. The van der Waals surface area contributed by atoms with Gasteiger partial charge in [-0.2, -0.15) is 16.4 Å². The van der Waals surface area contributed by atoms with Crippen molar-refractivity contribution in [2.45, 2.75) is 12.5 Å². The second-order valence-electron chi connectivity index (χ2n) is 4.43. The summed E-state index contributed by atoms with van der Waals surface area (Å²) in [5.74, 6) is 0.575. The molecule has 0 saturated carbocycles. The summed E-state index contributed by atoms with van der Waals surface area (Å²) in [7, 11) is 0. The van der Waals surface area contributed by atoms with E-state index in [9.17, 15) is 4.79 Å². The monoisotopic (exact) mass is 286 g/mol. The number of aromatic amines is 1. The first-order valence-corrected chi connectivity index (χ1v) is 7.21. The van der Waals surface area contributed by atoms with Crippen molar-refractivity contribution in [3.05, 3.63) is 59.2 Å². The number of H-pyrrole nitrogens is 1. The number of amides is 1. The minimum atomic E-state index is -0.0425. The van der Waals surface area contributed by atoms with Gasteiger partial charge >= 0.3 is 0 Å². The van der Waals surface area contributed by atoms with Crippen molar-refractivity contribution >= 4 is 23.1 Å². The van der Waals surface area contributed by atoms with Gasteiger partial charge in [-0.3, -0.25) is 9.89 Å². The van der Waals surface area contributed by atoms with Crippen molar-refractivity contribution in [2.75, 3.05) is 5.32 Å². The Morgan fingerprint density at radius 1 is 1.40 bits per heavy atom. The SMILES string of the molecule is O=C(CC(c1ccsc1)n1cccc1)Nc1ccn[nH]1. The Labute approximate surface area is 120 Å². The fourth-order valence-corrected chi connectivity index (χ4v) is 2.83. The molecule has 3 aromatic heterocycles. The summed E-state index contributed by atoms with van der Waals surface area (Å²) in [6.07, 6.45) is 5.94. The summed E-state index contributed by atoms with van der Waals surface area (Å²) in [5.41, 5.74) is 1.14. The molecule has 0 aliphatic carbocycles. The minimum Gasteiger partial charge on any atom is -0.346 e. The predicted octanol–water partition coefficient (Wildman–Crippen LogP) is 2.89.